The highest BCUT2D eigenvalue weighted by Gasteiger charge is 2.26. The Balaban J connectivity index is 1.51. The fourth-order valence-corrected chi connectivity index (χ4v) is 4.85. The van der Waals surface area contributed by atoms with E-state index in [1.165, 1.54) is 9.13 Å². The standard InChI is InChI=1S/C30H30F2N6O/c1-20(2)12-17-26-27(28(31)32)38(19-21-8-4-3-5-9-21)30(39)37(26)18-22-13-15-23(16-14-22)24-10-6-7-11-25(24)29-33-35-36-34-29/h3-11,13-16,20,28H,12,17-19H2,1-2H3,(H,33,34,35,36). The van der Waals surface area contributed by atoms with E-state index in [-0.39, 0.29) is 18.8 Å². The van der Waals surface area contributed by atoms with Crippen LogP contribution in [0.5, 0.6) is 0 Å². The number of H-pyrrole nitrogens is 1. The summed E-state index contributed by atoms with van der Waals surface area (Å²) in [4.78, 5) is 13.6. The Hall–Kier alpha value is -4.40. The lowest BCUT2D eigenvalue weighted by molar-refractivity contribution is 0.139. The van der Waals surface area contributed by atoms with E-state index in [1.807, 2.05) is 78.9 Å². The van der Waals surface area contributed by atoms with Crippen molar-refractivity contribution in [2.24, 2.45) is 5.92 Å². The number of imidazole rings is 1. The molecule has 200 valence electrons. The van der Waals surface area contributed by atoms with E-state index in [2.05, 4.69) is 34.5 Å². The summed E-state index contributed by atoms with van der Waals surface area (Å²) < 4.78 is 31.7. The van der Waals surface area contributed by atoms with Crippen molar-refractivity contribution >= 4 is 0 Å². The maximum absolute atomic E-state index is 14.5. The predicted octanol–water partition coefficient (Wildman–Crippen LogP) is 6.12. The molecule has 2 aromatic heterocycles. The Morgan fingerprint density at radius 3 is 2.10 bits per heavy atom. The normalized spacial score (nSPS) is 11.5. The number of tetrazole rings is 1. The average molecular weight is 529 g/mol. The average Bonchev–Trinajstić information content (AvgIpc) is 3.56. The molecule has 5 aromatic rings. The Kier molecular flexibility index (Phi) is 7.76. The number of halogens is 2. The summed E-state index contributed by atoms with van der Waals surface area (Å²) in [6.45, 7) is 4.42. The van der Waals surface area contributed by atoms with Crippen LogP contribution < -0.4 is 5.69 Å². The van der Waals surface area contributed by atoms with Gasteiger partial charge in [-0.25, -0.2) is 13.6 Å². The number of aromatic nitrogens is 6. The molecule has 3 aromatic carbocycles. The molecule has 7 nitrogen and oxygen atoms in total. The van der Waals surface area contributed by atoms with Crippen molar-refractivity contribution in [3.05, 3.63) is 112 Å². The van der Waals surface area contributed by atoms with Crippen LogP contribution in [0.2, 0.25) is 0 Å². The lowest BCUT2D eigenvalue weighted by atomic mass is 9.98. The number of nitrogens with one attached hydrogen (secondary N) is 1. The van der Waals surface area contributed by atoms with E-state index in [0.29, 0.717) is 30.3 Å². The molecule has 0 unspecified atom stereocenters. The van der Waals surface area contributed by atoms with E-state index in [1.54, 1.807) is 0 Å². The zero-order valence-electron chi connectivity index (χ0n) is 21.9. The summed E-state index contributed by atoms with van der Waals surface area (Å²) in [5, 5.41) is 14.3. The van der Waals surface area contributed by atoms with E-state index >= 15 is 0 Å². The van der Waals surface area contributed by atoms with Crippen LogP contribution in [0.1, 0.15) is 49.2 Å². The maximum atomic E-state index is 14.5. The first-order chi connectivity index (χ1) is 18.9. The molecule has 2 heterocycles. The first kappa shape index (κ1) is 26.2. The van der Waals surface area contributed by atoms with Crippen molar-refractivity contribution in [2.75, 3.05) is 0 Å². The van der Waals surface area contributed by atoms with Crippen molar-refractivity contribution in [1.29, 1.82) is 0 Å². The molecule has 9 heteroatoms. The molecule has 0 spiro atoms. The largest absolute Gasteiger partial charge is 0.329 e. The fraction of sp³-hybridized carbons (Fsp3) is 0.267. The monoisotopic (exact) mass is 528 g/mol. The smallest absolute Gasteiger partial charge is 0.291 e. The number of benzene rings is 3. The van der Waals surface area contributed by atoms with Gasteiger partial charge in [0.25, 0.3) is 6.43 Å². The zero-order valence-corrected chi connectivity index (χ0v) is 21.9. The SMILES string of the molecule is CC(C)CCc1c(C(F)F)n(Cc2ccccc2)c(=O)n1Cc1ccc(-c2ccccc2-c2nn[nH]n2)cc1. The molecule has 0 bridgehead atoms. The zero-order chi connectivity index (χ0) is 27.4. The van der Waals surface area contributed by atoms with Crippen LogP contribution in [0.4, 0.5) is 8.78 Å². The molecule has 0 aliphatic carbocycles. The van der Waals surface area contributed by atoms with Crippen LogP contribution in [-0.2, 0) is 19.5 Å². The highest BCUT2D eigenvalue weighted by atomic mass is 19.3. The predicted molar refractivity (Wildman–Crippen MR) is 147 cm³/mol. The number of alkyl halides is 2. The van der Waals surface area contributed by atoms with Crippen molar-refractivity contribution in [3.63, 3.8) is 0 Å². The minimum absolute atomic E-state index is 0.104. The van der Waals surface area contributed by atoms with Gasteiger partial charge in [-0.15, -0.1) is 10.2 Å². The van der Waals surface area contributed by atoms with Crippen molar-refractivity contribution < 1.29 is 8.78 Å². The van der Waals surface area contributed by atoms with Gasteiger partial charge in [0, 0.05) is 11.3 Å². The fourth-order valence-electron chi connectivity index (χ4n) is 4.85. The summed E-state index contributed by atoms with van der Waals surface area (Å²) in [7, 11) is 0. The minimum Gasteiger partial charge on any atom is -0.291 e. The van der Waals surface area contributed by atoms with Gasteiger partial charge in [0.1, 0.15) is 5.69 Å². The topological polar surface area (TPSA) is 81.4 Å². The summed E-state index contributed by atoms with van der Waals surface area (Å²) >= 11 is 0. The molecule has 0 atom stereocenters. The summed E-state index contributed by atoms with van der Waals surface area (Å²) in [5.74, 6) is 0.811. The Morgan fingerprint density at radius 1 is 0.821 bits per heavy atom. The minimum atomic E-state index is -2.76. The van der Waals surface area contributed by atoms with Gasteiger partial charge in [0.05, 0.1) is 13.1 Å². The molecule has 0 amide bonds. The molecule has 0 saturated carbocycles. The van der Waals surface area contributed by atoms with Gasteiger partial charge in [0.2, 0.25) is 5.82 Å². The number of aromatic amines is 1. The first-order valence-corrected chi connectivity index (χ1v) is 13.0. The summed E-state index contributed by atoms with van der Waals surface area (Å²) in [5.41, 5.74) is 4.18. The molecular formula is C30H30F2N6O. The second kappa shape index (κ2) is 11.6. The van der Waals surface area contributed by atoms with E-state index < -0.39 is 12.1 Å². The molecule has 0 saturated heterocycles. The Morgan fingerprint density at radius 2 is 1.46 bits per heavy atom. The van der Waals surface area contributed by atoms with Gasteiger partial charge in [-0.05, 0) is 46.2 Å². The molecule has 0 fully saturated rings. The van der Waals surface area contributed by atoms with E-state index in [0.717, 1.165) is 27.8 Å². The van der Waals surface area contributed by atoms with E-state index in [4.69, 9.17) is 0 Å². The maximum Gasteiger partial charge on any atom is 0.329 e. The van der Waals surface area contributed by atoms with Crippen molar-refractivity contribution in [2.45, 2.75) is 46.2 Å². The van der Waals surface area contributed by atoms with Crippen LogP contribution in [0.25, 0.3) is 22.5 Å². The van der Waals surface area contributed by atoms with Crippen LogP contribution in [0, 0.1) is 5.92 Å². The Labute approximate surface area is 225 Å². The third kappa shape index (κ3) is 5.72. The number of rotatable bonds is 10. The second-order valence-corrected chi connectivity index (χ2v) is 9.98. The first-order valence-electron chi connectivity index (χ1n) is 13.0. The van der Waals surface area contributed by atoms with Gasteiger partial charge >= 0.3 is 5.69 Å². The lowest BCUT2D eigenvalue weighted by Crippen LogP contribution is -2.26. The van der Waals surface area contributed by atoms with Gasteiger partial charge in [-0.1, -0.05) is 92.7 Å². The summed E-state index contributed by atoms with van der Waals surface area (Å²) in [6, 6.07) is 24.8. The van der Waals surface area contributed by atoms with Crippen LogP contribution in [-0.4, -0.2) is 29.8 Å². The van der Waals surface area contributed by atoms with Crippen molar-refractivity contribution in [3.8, 4) is 22.5 Å². The molecule has 0 aliphatic rings. The lowest BCUT2D eigenvalue weighted by Gasteiger charge is -2.12. The highest BCUT2D eigenvalue weighted by molar-refractivity contribution is 5.80. The molecule has 0 radical (unpaired) electrons. The Bertz CT molecular complexity index is 1570. The van der Waals surface area contributed by atoms with Gasteiger partial charge in [-0.2, -0.15) is 5.21 Å². The molecule has 5 rings (SSSR count). The number of hydrogen-bond donors (Lipinski definition) is 1. The molecule has 0 aliphatic heterocycles. The third-order valence-electron chi connectivity index (χ3n) is 6.84. The van der Waals surface area contributed by atoms with E-state index in [9.17, 15) is 13.6 Å². The van der Waals surface area contributed by atoms with Crippen LogP contribution in [0.3, 0.4) is 0 Å². The van der Waals surface area contributed by atoms with Gasteiger partial charge in [0.15, 0.2) is 0 Å². The quantitative estimate of drug-likeness (QED) is 0.237. The summed E-state index contributed by atoms with van der Waals surface area (Å²) in [6.07, 6.45) is -1.64. The second-order valence-electron chi connectivity index (χ2n) is 9.98. The molecule has 39 heavy (non-hydrogen) atoms. The number of hydrogen-bond acceptors (Lipinski definition) is 4. The highest BCUT2D eigenvalue weighted by Crippen LogP contribution is 2.30. The molecule has 1 N–H and O–H groups in total. The van der Waals surface area contributed by atoms with Gasteiger partial charge < -0.3 is 0 Å². The van der Waals surface area contributed by atoms with Crippen molar-refractivity contribution in [1.82, 2.24) is 29.8 Å². The number of nitrogens with zero attached hydrogens (tertiary/aromatic N) is 5. The molecular weight excluding hydrogens is 498 g/mol. The van der Waals surface area contributed by atoms with Crippen LogP contribution in [0.15, 0.2) is 83.7 Å². The van der Waals surface area contributed by atoms with Gasteiger partial charge in [-0.3, -0.25) is 9.13 Å². The van der Waals surface area contributed by atoms with Crippen LogP contribution >= 0.6 is 0 Å². The third-order valence-corrected chi connectivity index (χ3v) is 6.84.